The second-order valence-corrected chi connectivity index (χ2v) is 12.5. The van der Waals surface area contributed by atoms with Crippen molar-refractivity contribution in [1.29, 1.82) is 0 Å². The lowest BCUT2D eigenvalue weighted by molar-refractivity contribution is 1.03. The van der Waals surface area contributed by atoms with E-state index in [1.165, 1.54) is 54.6 Å². The van der Waals surface area contributed by atoms with Crippen LogP contribution in [0.15, 0.2) is 181 Å². The van der Waals surface area contributed by atoms with E-state index in [1.54, 1.807) is 0 Å². The van der Waals surface area contributed by atoms with Crippen LogP contribution in [0.4, 0.5) is 17.1 Å². The molecule has 7 aromatic carbocycles. The van der Waals surface area contributed by atoms with Crippen LogP contribution in [0.25, 0.3) is 32.7 Å². The maximum atomic E-state index is 2.41. The van der Waals surface area contributed by atoms with Gasteiger partial charge in [0.1, 0.15) is 0 Å². The van der Waals surface area contributed by atoms with Crippen LogP contribution in [0, 0.1) is 6.92 Å². The van der Waals surface area contributed by atoms with Crippen molar-refractivity contribution in [2.24, 2.45) is 0 Å². The van der Waals surface area contributed by atoms with Crippen molar-refractivity contribution >= 4 is 56.2 Å². The standard InChI is InChI=1S/C45H36BN/c1-33-20-26-40(27-21-33)47(42-30-24-39(25-31-42)46(37-14-4-2-5-15-37)38-16-6-3-7-17-38)41-28-22-34(23-29-41)45-43-18-10-8-12-35(43)32-36-13-9-11-19-44(36)45/h2,4-6,8-32H,3,7H2,1H3. The van der Waals surface area contributed by atoms with Crippen LogP contribution in [-0.4, -0.2) is 6.71 Å². The Bertz CT molecular complexity index is 2170. The summed E-state index contributed by atoms with van der Waals surface area (Å²) in [6.45, 7) is 2.36. The van der Waals surface area contributed by atoms with Gasteiger partial charge in [-0.1, -0.05) is 155 Å². The Morgan fingerprint density at radius 3 is 1.64 bits per heavy atom. The Balaban J connectivity index is 1.21. The van der Waals surface area contributed by atoms with Gasteiger partial charge in [-0.15, -0.1) is 0 Å². The number of hydrogen-bond acceptors (Lipinski definition) is 1. The van der Waals surface area contributed by atoms with Gasteiger partial charge in [-0.05, 0) is 94.9 Å². The summed E-state index contributed by atoms with van der Waals surface area (Å²) in [6.07, 6.45) is 9.24. The van der Waals surface area contributed by atoms with Crippen LogP contribution in [0.2, 0.25) is 0 Å². The average molecular weight is 602 g/mol. The van der Waals surface area contributed by atoms with E-state index in [9.17, 15) is 0 Å². The van der Waals surface area contributed by atoms with Crippen molar-refractivity contribution in [2.45, 2.75) is 19.8 Å². The van der Waals surface area contributed by atoms with E-state index in [1.807, 2.05) is 0 Å². The Kier molecular flexibility index (Phi) is 7.77. The maximum absolute atomic E-state index is 2.41. The second kappa shape index (κ2) is 12.7. The molecule has 0 unspecified atom stereocenters. The summed E-state index contributed by atoms with van der Waals surface area (Å²) < 4.78 is 0. The first-order valence-corrected chi connectivity index (χ1v) is 16.6. The van der Waals surface area contributed by atoms with E-state index in [0.29, 0.717) is 0 Å². The molecule has 0 aliphatic heterocycles. The summed E-state index contributed by atoms with van der Waals surface area (Å²) in [7, 11) is 0. The first-order valence-electron chi connectivity index (χ1n) is 16.6. The van der Waals surface area contributed by atoms with Crippen molar-refractivity contribution in [1.82, 2.24) is 0 Å². The van der Waals surface area contributed by atoms with Crippen molar-refractivity contribution in [3.05, 3.63) is 187 Å². The van der Waals surface area contributed by atoms with Gasteiger partial charge < -0.3 is 4.90 Å². The highest BCUT2D eigenvalue weighted by Crippen LogP contribution is 2.39. The molecule has 0 heterocycles. The molecular formula is C45H36BN. The van der Waals surface area contributed by atoms with Crippen LogP contribution in [0.1, 0.15) is 18.4 Å². The number of aryl methyl sites for hydroxylation is 1. The van der Waals surface area contributed by atoms with Crippen molar-refractivity contribution in [2.75, 3.05) is 4.90 Å². The summed E-state index contributed by atoms with van der Waals surface area (Å²) in [6, 6.07) is 57.8. The van der Waals surface area contributed by atoms with Gasteiger partial charge in [0.2, 0.25) is 6.71 Å². The molecule has 0 saturated carbocycles. The third-order valence-electron chi connectivity index (χ3n) is 9.45. The Morgan fingerprint density at radius 1 is 0.511 bits per heavy atom. The molecule has 0 radical (unpaired) electrons. The third kappa shape index (κ3) is 5.68. The Hall–Kier alpha value is -5.60. The van der Waals surface area contributed by atoms with E-state index in [4.69, 9.17) is 0 Å². The van der Waals surface area contributed by atoms with Gasteiger partial charge >= 0.3 is 0 Å². The molecule has 1 aliphatic rings. The normalized spacial score (nSPS) is 12.7. The zero-order valence-corrected chi connectivity index (χ0v) is 26.7. The molecule has 0 N–H and O–H groups in total. The van der Waals surface area contributed by atoms with Gasteiger partial charge in [-0.25, -0.2) is 0 Å². The molecule has 1 aliphatic carbocycles. The van der Waals surface area contributed by atoms with Gasteiger partial charge in [0.05, 0.1) is 0 Å². The number of fused-ring (bicyclic) bond motifs is 2. The zero-order chi connectivity index (χ0) is 31.6. The number of nitrogens with zero attached hydrogens (tertiary/aromatic N) is 1. The van der Waals surface area contributed by atoms with Crippen molar-refractivity contribution < 1.29 is 0 Å². The summed E-state index contributed by atoms with van der Waals surface area (Å²) in [5.41, 5.74) is 11.2. The lowest BCUT2D eigenvalue weighted by Gasteiger charge is -2.27. The van der Waals surface area contributed by atoms with E-state index < -0.39 is 0 Å². The third-order valence-corrected chi connectivity index (χ3v) is 9.45. The topological polar surface area (TPSA) is 3.24 Å². The quantitative estimate of drug-likeness (QED) is 0.130. The average Bonchev–Trinajstić information content (AvgIpc) is 3.13. The van der Waals surface area contributed by atoms with Crippen LogP contribution in [-0.2, 0) is 0 Å². The van der Waals surface area contributed by atoms with Gasteiger partial charge in [0.15, 0.2) is 0 Å². The van der Waals surface area contributed by atoms with Crippen molar-refractivity contribution in [3.63, 3.8) is 0 Å². The monoisotopic (exact) mass is 601 g/mol. The van der Waals surface area contributed by atoms with Crippen molar-refractivity contribution in [3.8, 4) is 11.1 Å². The molecule has 2 heteroatoms. The number of rotatable bonds is 7. The minimum absolute atomic E-state index is 0.212. The molecule has 0 saturated heterocycles. The molecule has 0 aromatic heterocycles. The predicted octanol–water partition coefficient (Wildman–Crippen LogP) is 10.9. The molecule has 1 nitrogen and oxygen atoms in total. The van der Waals surface area contributed by atoms with Crippen LogP contribution in [0.3, 0.4) is 0 Å². The Labute approximate surface area is 278 Å². The molecule has 0 bridgehead atoms. The smallest absolute Gasteiger partial charge is 0.240 e. The predicted molar refractivity (Wildman–Crippen MR) is 204 cm³/mol. The van der Waals surface area contributed by atoms with E-state index >= 15 is 0 Å². The maximum Gasteiger partial charge on any atom is 0.240 e. The lowest BCUT2D eigenvalue weighted by atomic mass is 9.36. The molecule has 0 fully saturated rings. The Morgan fingerprint density at radius 2 is 1.04 bits per heavy atom. The molecule has 0 amide bonds. The highest BCUT2D eigenvalue weighted by molar-refractivity contribution is 6.91. The molecule has 47 heavy (non-hydrogen) atoms. The summed E-state index contributed by atoms with van der Waals surface area (Å²) in [4.78, 5) is 2.37. The number of hydrogen-bond donors (Lipinski definition) is 0. The molecule has 7 aromatic rings. The highest BCUT2D eigenvalue weighted by Gasteiger charge is 2.24. The van der Waals surface area contributed by atoms with E-state index in [0.717, 1.165) is 29.9 Å². The molecular weight excluding hydrogens is 565 g/mol. The molecule has 8 rings (SSSR count). The minimum Gasteiger partial charge on any atom is -0.311 e. The van der Waals surface area contributed by atoms with Crippen LogP contribution in [0.5, 0.6) is 0 Å². The van der Waals surface area contributed by atoms with Crippen LogP contribution < -0.4 is 15.8 Å². The fraction of sp³-hybridized carbons (Fsp3) is 0.0667. The van der Waals surface area contributed by atoms with E-state index in [2.05, 4.69) is 188 Å². The van der Waals surface area contributed by atoms with E-state index in [-0.39, 0.29) is 6.71 Å². The summed E-state index contributed by atoms with van der Waals surface area (Å²) >= 11 is 0. The van der Waals surface area contributed by atoms with Gasteiger partial charge in [0.25, 0.3) is 0 Å². The largest absolute Gasteiger partial charge is 0.311 e. The highest BCUT2D eigenvalue weighted by atomic mass is 15.1. The zero-order valence-electron chi connectivity index (χ0n) is 26.7. The first-order chi connectivity index (χ1) is 23.2. The van der Waals surface area contributed by atoms with Gasteiger partial charge in [0, 0.05) is 17.1 Å². The first kappa shape index (κ1) is 28.8. The number of anilines is 3. The van der Waals surface area contributed by atoms with Gasteiger partial charge in [-0.2, -0.15) is 0 Å². The molecule has 224 valence electrons. The summed E-state index contributed by atoms with van der Waals surface area (Å²) in [5, 5.41) is 5.08. The number of benzene rings is 7. The fourth-order valence-corrected chi connectivity index (χ4v) is 7.13. The molecule has 0 spiro atoms. The SMILES string of the molecule is Cc1ccc(N(c2ccc(B(C3=CCCC=C3)c3ccccc3)cc2)c2ccc(-c3c4ccccc4cc4ccccc34)cc2)cc1. The van der Waals surface area contributed by atoms with Gasteiger partial charge in [-0.3, -0.25) is 0 Å². The second-order valence-electron chi connectivity index (χ2n) is 12.5. The lowest BCUT2D eigenvalue weighted by Crippen LogP contribution is -2.44. The summed E-state index contributed by atoms with van der Waals surface area (Å²) in [5.74, 6) is 0. The minimum atomic E-state index is 0.212. The number of allylic oxidation sites excluding steroid dienone is 4. The van der Waals surface area contributed by atoms with Crippen LogP contribution >= 0.6 is 0 Å². The molecule has 0 atom stereocenters. The fourth-order valence-electron chi connectivity index (χ4n) is 7.13.